The van der Waals surface area contributed by atoms with Gasteiger partial charge in [-0.25, -0.2) is 15.0 Å². The third-order valence-corrected chi connectivity index (χ3v) is 8.55. The minimum atomic E-state index is -0.231. The Morgan fingerprint density at radius 1 is 0.750 bits per heavy atom. The predicted octanol–water partition coefficient (Wildman–Crippen LogP) is 9.63. The van der Waals surface area contributed by atoms with Gasteiger partial charge >= 0.3 is 0 Å². The van der Waals surface area contributed by atoms with E-state index in [1.165, 1.54) is 5.56 Å². The van der Waals surface area contributed by atoms with Crippen molar-refractivity contribution in [2.24, 2.45) is 0 Å². The first-order valence-electron chi connectivity index (χ1n) is 15.0. The van der Waals surface area contributed by atoms with E-state index in [-0.39, 0.29) is 10.8 Å². The minimum Gasteiger partial charge on any atom is -0.507 e. The second-order valence-corrected chi connectivity index (χ2v) is 13.7. The molecular formula is C38H36N4O2. The van der Waals surface area contributed by atoms with Gasteiger partial charge in [-0.3, -0.25) is 0 Å². The fourth-order valence-corrected chi connectivity index (χ4v) is 6.09. The van der Waals surface area contributed by atoms with Crippen molar-refractivity contribution >= 4 is 27.7 Å². The van der Waals surface area contributed by atoms with Crippen LogP contribution in [0.2, 0.25) is 0 Å². The number of imidazole rings is 1. The number of aryl methyl sites for hydroxylation is 1. The number of aromatic nitrogens is 4. The number of pyridine rings is 1. The highest BCUT2D eigenvalue weighted by atomic mass is 16.3. The first-order chi connectivity index (χ1) is 20.9. The summed E-state index contributed by atoms with van der Waals surface area (Å²) in [4.78, 5) is 14.3. The van der Waals surface area contributed by atoms with Crippen molar-refractivity contribution in [1.29, 1.82) is 0 Å². The van der Waals surface area contributed by atoms with Crippen LogP contribution in [0.25, 0.3) is 61.4 Å². The summed E-state index contributed by atoms with van der Waals surface area (Å²) in [7, 11) is 0. The Bertz CT molecular complexity index is 2220. The van der Waals surface area contributed by atoms with Gasteiger partial charge in [0.2, 0.25) is 5.71 Å². The lowest BCUT2D eigenvalue weighted by molar-refractivity contribution is 0.446. The molecule has 44 heavy (non-hydrogen) atoms. The molecule has 0 unspecified atom stereocenters. The van der Waals surface area contributed by atoms with Crippen LogP contribution in [0.15, 0.2) is 89.7 Å². The fourth-order valence-electron chi connectivity index (χ4n) is 6.09. The molecule has 4 aromatic heterocycles. The van der Waals surface area contributed by atoms with E-state index in [1.54, 1.807) is 6.33 Å². The number of para-hydroxylation sites is 1. The highest BCUT2D eigenvalue weighted by Crippen LogP contribution is 2.43. The number of rotatable bonds is 3. The summed E-state index contributed by atoms with van der Waals surface area (Å²) >= 11 is 0. The Morgan fingerprint density at radius 2 is 1.52 bits per heavy atom. The van der Waals surface area contributed by atoms with Gasteiger partial charge in [-0.05, 0) is 59.2 Å². The Labute approximate surface area is 257 Å². The molecule has 7 rings (SSSR count). The van der Waals surface area contributed by atoms with Gasteiger partial charge < -0.3 is 13.9 Å². The maximum absolute atomic E-state index is 11.6. The highest BCUT2D eigenvalue weighted by molar-refractivity contribution is 6.10. The molecule has 0 bridgehead atoms. The van der Waals surface area contributed by atoms with Crippen LogP contribution >= 0.6 is 0 Å². The first kappa shape index (κ1) is 27.8. The zero-order valence-corrected chi connectivity index (χ0v) is 26.2. The van der Waals surface area contributed by atoms with Gasteiger partial charge in [0, 0.05) is 39.5 Å². The van der Waals surface area contributed by atoms with Crippen molar-refractivity contribution in [1.82, 2.24) is 19.4 Å². The molecule has 0 radical (unpaired) electrons. The molecule has 3 aromatic carbocycles. The Kier molecular flexibility index (Phi) is 6.19. The second kappa shape index (κ2) is 9.78. The van der Waals surface area contributed by atoms with Crippen molar-refractivity contribution < 1.29 is 9.52 Å². The molecule has 0 aliphatic heterocycles. The normalized spacial score (nSPS) is 12.5. The van der Waals surface area contributed by atoms with E-state index in [1.807, 2.05) is 36.5 Å². The number of hydrogen-bond donors (Lipinski definition) is 1. The molecule has 1 N–H and O–H groups in total. The largest absolute Gasteiger partial charge is 0.507 e. The lowest BCUT2D eigenvalue weighted by atomic mass is 9.78. The Hall–Kier alpha value is -4.97. The number of phenolic OH excluding ortho intramolecular Hbond substituents is 1. The average Bonchev–Trinajstić information content (AvgIpc) is 3.54. The maximum Gasteiger partial charge on any atom is 0.230 e. The molecule has 0 saturated carbocycles. The van der Waals surface area contributed by atoms with Crippen LogP contribution in [0.4, 0.5) is 0 Å². The molecule has 6 heteroatoms. The van der Waals surface area contributed by atoms with Crippen LogP contribution in [0.1, 0.15) is 58.4 Å². The zero-order chi connectivity index (χ0) is 31.0. The smallest absolute Gasteiger partial charge is 0.230 e. The molecule has 7 aromatic rings. The average molecular weight is 581 g/mol. The number of phenols is 1. The van der Waals surface area contributed by atoms with Crippen LogP contribution in [-0.4, -0.2) is 24.5 Å². The molecule has 0 spiro atoms. The van der Waals surface area contributed by atoms with Crippen LogP contribution in [0.3, 0.4) is 0 Å². The topological polar surface area (TPSA) is 76.5 Å². The Balaban J connectivity index is 1.41. The maximum atomic E-state index is 11.6. The number of aromatic hydroxyl groups is 1. The number of fused-ring (bicyclic) bond motifs is 4. The van der Waals surface area contributed by atoms with E-state index in [0.717, 1.165) is 66.9 Å². The van der Waals surface area contributed by atoms with Crippen LogP contribution in [0.5, 0.6) is 5.75 Å². The molecule has 220 valence electrons. The fraction of sp³-hybridized carbons (Fsp3) is 0.237. The van der Waals surface area contributed by atoms with Crippen LogP contribution in [0, 0.1) is 6.92 Å². The summed E-state index contributed by atoms with van der Waals surface area (Å²) in [5, 5.41) is 13.5. The van der Waals surface area contributed by atoms with Gasteiger partial charge in [0.25, 0.3) is 0 Å². The second-order valence-electron chi connectivity index (χ2n) is 13.7. The van der Waals surface area contributed by atoms with E-state index in [9.17, 15) is 5.11 Å². The van der Waals surface area contributed by atoms with Crippen molar-refractivity contribution in [3.63, 3.8) is 0 Å². The van der Waals surface area contributed by atoms with Gasteiger partial charge in [0.15, 0.2) is 0 Å². The highest BCUT2D eigenvalue weighted by Gasteiger charge is 2.27. The van der Waals surface area contributed by atoms with E-state index in [4.69, 9.17) is 14.4 Å². The molecule has 0 amide bonds. The van der Waals surface area contributed by atoms with Crippen molar-refractivity contribution in [2.45, 2.75) is 59.3 Å². The molecule has 0 aliphatic rings. The van der Waals surface area contributed by atoms with E-state index < -0.39 is 0 Å². The zero-order valence-electron chi connectivity index (χ0n) is 26.2. The third-order valence-electron chi connectivity index (χ3n) is 8.55. The summed E-state index contributed by atoms with van der Waals surface area (Å²) in [6, 6.07) is 24.7. The van der Waals surface area contributed by atoms with E-state index in [2.05, 4.69) is 100 Å². The predicted molar refractivity (Wildman–Crippen MR) is 178 cm³/mol. The lowest BCUT2D eigenvalue weighted by Gasteiger charge is -2.27. The Morgan fingerprint density at radius 3 is 2.30 bits per heavy atom. The molecule has 0 fully saturated rings. The quantitative estimate of drug-likeness (QED) is 0.225. The van der Waals surface area contributed by atoms with Gasteiger partial charge in [-0.15, -0.1) is 0 Å². The monoisotopic (exact) mass is 580 g/mol. The standard InChI is InChI=1S/C38H36N4O2/c1-22-32(28-19-25(37(2,3)4)20-29(34(28)43)38(5,6)7)41-35-26(15-11-17-42(22)35)23-12-10-13-24(18-23)33-31-27-14-8-9-16-30(27)44-36(31)40-21-39-33/h8-21,43H,1-7H3. The molecule has 0 saturated heterocycles. The van der Waals surface area contributed by atoms with Gasteiger partial charge in [0.1, 0.15) is 23.3 Å². The van der Waals surface area contributed by atoms with Gasteiger partial charge in [-0.1, -0.05) is 84.0 Å². The number of furan rings is 1. The molecule has 4 heterocycles. The number of nitrogens with zero attached hydrogens (tertiary/aromatic N) is 4. The van der Waals surface area contributed by atoms with Gasteiger partial charge in [0.05, 0.1) is 16.8 Å². The van der Waals surface area contributed by atoms with Crippen molar-refractivity contribution in [2.75, 3.05) is 0 Å². The summed E-state index contributed by atoms with van der Waals surface area (Å²) in [5.41, 5.74) is 10.3. The summed E-state index contributed by atoms with van der Waals surface area (Å²) < 4.78 is 8.14. The lowest BCUT2D eigenvalue weighted by Crippen LogP contribution is -2.17. The van der Waals surface area contributed by atoms with E-state index >= 15 is 0 Å². The van der Waals surface area contributed by atoms with E-state index in [0.29, 0.717) is 11.5 Å². The van der Waals surface area contributed by atoms with Crippen molar-refractivity contribution in [3.8, 4) is 39.4 Å². The molecule has 0 aliphatic carbocycles. The third kappa shape index (κ3) is 4.44. The summed E-state index contributed by atoms with van der Waals surface area (Å²) in [6.45, 7) is 15.1. The SMILES string of the molecule is Cc1c(-c2cc(C(C)(C)C)cc(C(C)(C)C)c2O)nc2c(-c3cccc(-c4ncnc5oc6ccccc6c45)c3)cccn12. The van der Waals surface area contributed by atoms with Crippen LogP contribution in [-0.2, 0) is 10.8 Å². The summed E-state index contributed by atoms with van der Waals surface area (Å²) in [5.74, 6) is 0.292. The number of benzene rings is 3. The molecule has 0 atom stereocenters. The number of hydrogen-bond acceptors (Lipinski definition) is 5. The van der Waals surface area contributed by atoms with Crippen LogP contribution < -0.4 is 0 Å². The first-order valence-corrected chi connectivity index (χ1v) is 15.0. The minimum absolute atomic E-state index is 0.0894. The van der Waals surface area contributed by atoms with Crippen molar-refractivity contribution in [3.05, 3.63) is 102 Å². The molecule has 6 nitrogen and oxygen atoms in total. The summed E-state index contributed by atoms with van der Waals surface area (Å²) in [6.07, 6.45) is 3.59. The van der Waals surface area contributed by atoms with Gasteiger partial charge in [-0.2, -0.15) is 0 Å². The molecular weight excluding hydrogens is 544 g/mol.